The van der Waals surface area contributed by atoms with Crippen LogP contribution in [0.2, 0.25) is 0 Å². The molecule has 21 nitrogen and oxygen atoms in total. The van der Waals surface area contributed by atoms with E-state index >= 15 is 0 Å². The van der Waals surface area contributed by atoms with E-state index in [9.17, 15) is 48.3 Å². The van der Waals surface area contributed by atoms with Crippen molar-refractivity contribution in [1.82, 2.24) is 36.5 Å². The molecule has 8 amide bonds. The number of nitrogens with zero attached hydrogens (tertiary/aromatic N) is 1. The Kier molecular flexibility index (Phi) is 17.7. The summed E-state index contributed by atoms with van der Waals surface area (Å²) in [5.74, 6) is -8.31. The summed E-state index contributed by atoms with van der Waals surface area (Å²) in [5, 5.41) is 32.5. The molecule has 1 aliphatic heterocycles. The molecule has 332 valence electrons. The summed E-state index contributed by atoms with van der Waals surface area (Å²) in [6.45, 7) is 1.91. The number of amidine groups is 1. The number of nitrogen functional groups attached to an aromatic ring is 1. The van der Waals surface area contributed by atoms with Gasteiger partial charge in [-0.15, -0.1) is 0 Å². The first-order chi connectivity index (χ1) is 29.4. The van der Waals surface area contributed by atoms with Gasteiger partial charge >= 0.3 is 5.97 Å². The maximum atomic E-state index is 14.1. The van der Waals surface area contributed by atoms with Crippen molar-refractivity contribution >= 4 is 97.2 Å². The van der Waals surface area contributed by atoms with Crippen molar-refractivity contribution < 1.29 is 48.3 Å². The smallest absolute Gasteiger partial charge is 0.305 e. The van der Waals surface area contributed by atoms with E-state index < -0.39 is 103 Å². The second kappa shape index (κ2) is 22.8. The maximum Gasteiger partial charge on any atom is 0.305 e. The van der Waals surface area contributed by atoms with Gasteiger partial charge < -0.3 is 58.4 Å². The van der Waals surface area contributed by atoms with Gasteiger partial charge in [0.2, 0.25) is 47.3 Å². The molecule has 0 saturated carbocycles. The minimum Gasteiger partial charge on any atom is -0.481 e. The van der Waals surface area contributed by atoms with E-state index in [1.165, 1.54) is 43.0 Å². The van der Waals surface area contributed by atoms with E-state index in [0.717, 1.165) is 38.1 Å². The molecular weight excluding hydrogens is 847 g/mol. The highest BCUT2D eigenvalue weighted by atomic mass is 33.1. The fraction of sp³-hybridized carbons (Fsp3) is 0.385. The molecule has 2 heterocycles. The summed E-state index contributed by atoms with van der Waals surface area (Å²) in [7, 11) is 2.28. The topological polar surface area (TPSA) is 341 Å². The molecule has 0 bridgehead atoms. The Labute approximate surface area is 363 Å². The zero-order valence-corrected chi connectivity index (χ0v) is 35.4. The van der Waals surface area contributed by atoms with Gasteiger partial charge in [0.15, 0.2) is 0 Å². The molecule has 1 aliphatic rings. The number of nitrogens with one attached hydrogen (secondary N) is 8. The van der Waals surface area contributed by atoms with E-state index in [1.54, 1.807) is 6.20 Å². The highest BCUT2D eigenvalue weighted by Gasteiger charge is 2.34. The lowest BCUT2D eigenvalue weighted by molar-refractivity contribution is -0.144. The predicted octanol–water partition coefficient (Wildman–Crippen LogP) is -0.939. The first-order valence-electron chi connectivity index (χ1n) is 19.3. The number of aliphatic carboxylic acids is 1. The minimum absolute atomic E-state index is 0.0274. The van der Waals surface area contributed by atoms with E-state index in [-0.39, 0.29) is 36.7 Å². The highest BCUT2D eigenvalue weighted by molar-refractivity contribution is 8.76. The van der Waals surface area contributed by atoms with Crippen molar-refractivity contribution in [2.75, 3.05) is 29.9 Å². The molecule has 1 unspecified atom stereocenters. The Morgan fingerprint density at radius 1 is 0.855 bits per heavy atom. The molecule has 62 heavy (non-hydrogen) atoms. The molecule has 4 rings (SSSR count). The van der Waals surface area contributed by atoms with Crippen molar-refractivity contribution in [3.8, 4) is 0 Å². The molecule has 2 aromatic carbocycles. The molecule has 0 aliphatic carbocycles. The number of carbonyl (C=O) groups is 9. The number of fused-ring (bicyclic) bond motifs is 1. The summed E-state index contributed by atoms with van der Waals surface area (Å²) >= 11 is 0. The number of nitrogens with two attached hydrogens (primary N) is 2. The van der Waals surface area contributed by atoms with Crippen molar-refractivity contribution in [2.45, 2.75) is 69.7 Å². The van der Waals surface area contributed by atoms with Crippen LogP contribution in [0.25, 0.3) is 10.9 Å². The molecule has 3 aromatic rings. The average Bonchev–Trinajstić information content (AvgIpc) is 3.64. The predicted molar refractivity (Wildman–Crippen MR) is 231 cm³/mol. The maximum absolute atomic E-state index is 14.1. The molecule has 1 fully saturated rings. The van der Waals surface area contributed by atoms with E-state index in [0.29, 0.717) is 11.3 Å². The lowest BCUT2D eigenvalue weighted by Gasteiger charge is -2.32. The van der Waals surface area contributed by atoms with Crippen LogP contribution in [-0.2, 0) is 49.6 Å². The molecule has 1 aromatic heterocycles. The van der Waals surface area contributed by atoms with Crippen LogP contribution < -0.4 is 43.4 Å². The van der Waals surface area contributed by atoms with E-state index in [1.807, 2.05) is 24.3 Å². The van der Waals surface area contributed by atoms with Crippen LogP contribution in [0, 0.1) is 5.41 Å². The number of benzene rings is 2. The average molecular weight is 896 g/mol. The van der Waals surface area contributed by atoms with Gasteiger partial charge in [-0.1, -0.05) is 39.8 Å². The Bertz CT molecular complexity index is 2180. The zero-order chi connectivity index (χ0) is 45.5. The first-order valence-corrected chi connectivity index (χ1v) is 21.7. The van der Waals surface area contributed by atoms with E-state index in [4.69, 9.17) is 16.9 Å². The van der Waals surface area contributed by atoms with Gasteiger partial charge in [-0.25, -0.2) is 0 Å². The summed E-state index contributed by atoms with van der Waals surface area (Å²) in [6.07, 6.45) is 0.343. The highest BCUT2D eigenvalue weighted by Crippen LogP contribution is 2.23. The standard InChI is InChI=1S/C39H49N11O10S2/c1-20-39(60)50(13-11-23-17-43-26-6-4-3-5-25(23)26)21(2)36(57)49-29(35(42)56)19-62-61-14-12-30(51)47-27(15-31(52)46-24-9-7-22(8-10-24)34(40)41)37(58)44-18-32(53)48-28(16-33(54)55)38(59)45-20/h3-10,17,20-21,27-29,43H,11-16,18-19H2,1-2H3,(H3,40,41)(H2,42,56)(H,44,58)(H,45,59)(H,46,52)(H,47,51)(H,48,53)(H,49,57)(H,54,55)/t20-,21-,27-,28-,29?/m0/s1. The summed E-state index contributed by atoms with van der Waals surface area (Å²) in [6, 6.07) is 6.36. The van der Waals surface area contributed by atoms with Crippen LogP contribution >= 0.6 is 21.6 Å². The number of hydrogen-bond acceptors (Lipinski definition) is 12. The zero-order valence-electron chi connectivity index (χ0n) is 33.8. The number of rotatable bonds is 10. The number of aromatic nitrogens is 1. The number of hydrogen-bond donors (Lipinski definition) is 11. The number of carboxylic acid groups (broad SMARTS) is 1. The van der Waals surface area contributed by atoms with Crippen molar-refractivity contribution in [1.29, 1.82) is 5.41 Å². The van der Waals surface area contributed by atoms with Crippen LogP contribution in [0.1, 0.15) is 44.2 Å². The number of amides is 8. The number of aromatic amines is 1. The second-order valence-electron chi connectivity index (χ2n) is 14.2. The van der Waals surface area contributed by atoms with Gasteiger partial charge in [0.05, 0.1) is 19.4 Å². The number of carbonyl (C=O) groups excluding carboxylic acids is 8. The molecule has 0 radical (unpaired) electrons. The molecular formula is C39H49N11O10S2. The van der Waals surface area contributed by atoms with Crippen LogP contribution in [0.15, 0.2) is 54.7 Å². The third-order valence-electron chi connectivity index (χ3n) is 9.52. The summed E-state index contributed by atoms with van der Waals surface area (Å²) in [4.78, 5) is 122. The molecule has 13 N–H and O–H groups in total. The van der Waals surface area contributed by atoms with Gasteiger partial charge in [-0.3, -0.25) is 48.6 Å². The first kappa shape index (κ1) is 48.1. The summed E-state index contributed by atoms with van der Waals surface area (Å²) < 4.78 is 0. The number of anilines is 1. The Morgan fingerprint density at radius 3 is 2.21 bits per heavy atom. The Balaban J connectivity index is 1.56. The van der Waals surface area contributed by atoms with Gasteiger partial charge in [0.1, 0.15) is 36.0 Å². The third kappa shape index (κ3) is 14.2. The fourth-order valence-corrected chi connectivity index (χ4v) is 8.33. The van der Waals surface area contributed by atoms with Crippen LogP contribution in [-0.4, -0.2) is 129 Å². The summed E-state index contributed by atoms with van der Waals surface area (Å²) in [5.41, 5.74) is 13.5. The quantitative estimate of drug-likeness (QED) is 0.0666. The molecule has 23 heteroatoms. The normalized spacial score (nSPS) is 21.7. The van der Waals surface area contributed by atoms with Gasteiger partial charge in [-0.05, 0) is 56.2 Å². The van der Waals surface area contributed by atoms with Crippen molar-refractivity contribution in [3.05, 3.63) is 65.9 Å². The van der Waals surface area contributed by atoms with Gasteiger partial charge in [0, 0.05) is 52.8 Å². The van der Waals surface area contributed by atoms with Crippen LogP contribution in [0.3, 0.4) is 0 Å². The van der Waals surface area contributed by atoms with Crippen LogP contribution in [0.5, 0.6) is 0 Å². The molecule has 5 atom stereocenters. The molecule has 0 spiro atoms. The SMILES string of the molecule is C[C@@H]1NC(=O)[C@H](CC(=O)O)NC(=O)CNC(=O)[C@H](CC(=O)Nc2ccc(C(=N)N)cc2)NC(=O)CCSSCC(C(N)=O)NC(=O)[C@H](C)N(CCc2c[nH]c3ccccc23)C1=O. The van der Waals surface area contributed by atoms with Gasteiger partial charge in [-0.2, -0.15) is 0 Å². The monoisotopic (exact) mass is 895 g/mol. The van der Waals surface area contributed by atoms with Crippen molar-refractivity contribution in [3.63, 3.8) is 0 Å². The third-order valence-corrected chi connectivity index (χ3v) is 11.9. The van der Waals surface area contributed by atoms with Gasteiger partial charge in [0.25, 0.3) is 0 Å². The number of primary amides is 1. The number of carboxylic acids is 1. The lowest BCUT2D eigenvalue weighted by atomic mass is 10.1. The number of H-pyrrole nitrogens is 1. The minimum atomic E-state index is -1.74. The van der Waals surface area contributed by atoms with Crippen LogP contribution in [0.4, 0.5) is 5.69 Å². The molecule has 1 saturated heterocycles. The second-order valence-corrected chi connectivity index (χ2v) is 16.8. The fourth-order valence-electron chi connectivity index (χ4n) is 6.16. The van der Waals surface area contributed by atoms with E-state index in [2.05, 4.69) is 36.9 Å². The Hall–Kier alpha value is -6.62. The van der Waals surface area contributed by atoms with Crippen molar-refractivity contribution in [2.24, 2.45) is 11.5 Å². The largest absolute Gasteiger partial charge is 0.481 e. The number of para-hydroxylation sites is 1. The lowest BCUT2D eigenvalue weighted by Crippen LogP contribution is -2.59. The Morgan fingerprint density at radius 2 is 1.53 bits per heavy atom.